The number of nitrogens with zero attached hydrogens (tertiary/aromatic N) is 2. The molecule has 0 spiro atoms. The van der Waals surface area contributed by atoms with Crippen LogP contribution in [0.2, 0.25) is 0 Å². The Labute approximate surface area is 107 Å². The average Bonchev–Trinajstić information content (AvgIpc) is 2.85. The molecular formula is C13H21N3S. The second-order valence-corrected chi connectivity index (χ2v) is 6.42. The Morgan fingerprint density at radius 2 is 2.24 bits per heavy atom. The van der Waals surface area contributed by atoms with Crippen LogP contribution in [0.3, 0.4) is 0 Å². The summed E-state index contributed by atoms with van der Waals surface area (Å²) in [6, 6.07) is 0.778. The summed E-state index contributed by atoms with van der Waals surface area (Å²) in [6.45, 7) is 2.34. The molecule has 94 valence electrons. The summed E-state index contributed by atoms with van der Waals surface area (Å²) in [7, 11) is 0. The van der Waals surface area contributed by atoms with Crippen LogP contribution in [0.4, 0.5) is 0 Å². The summed E-state index contributed by atoms with van der Waals surface area (Å²) in [5.41, 5.74) is 0. The van der Waals surface area contributed by atoms with Crippen LogP contribution in [0.25, 0.3) is 0 Å². The predicted octanol–water partition coefficient (Wildman–Crippen LogP) is 1.93. The zero-order valence-corrected chi connectivity index (χ0v) is 11.1. The lowest BCUT2D eigenvalue weighted by atomic mass is 9.98. The number of nitrogens with one attached hydrogen (secondary N) is 1. The third kappa shape index (κ3) is 2.86. The maximum atomic E-state index is 4.38. The minimum atomic E-state index is 0.778. The zero-order chi connectivity index (χ0) is 11.5. The van der Waals surface area contributed by atoms with Crippen LogP contribution in [0.1, 0.15) is 25.1 Å². The first-order valence-electron chi connectivity index (χ1n) is 6.73. The van der Waals surface area contributed by atoms with Crippen LogP contribution >= 0.6 is 11.8 Å². The first kappa shape index (κ1) is 11.6. The molecule has 1 saturated heterocycles. The molecule has 1 N–H and O–H groups in total. The number of thioether (sulfide) groups is 1. The van der Waals surface area contributed by atoms with Gasteiger partial charge in [0.25, 0.3) is 0 Å². The Balaban J connectivity index is 1.47. The van der Waals surface area contributed by atoms with Crippen molar-refractivity contribution in [3.05, 3.63) is 18.2 Å². The molecule has 0 amide bonds. The number of fused-ring (bicyclic) bond motifs is 1. The van der Waals surface area contributed by atoms with E-state index in [1.807, 2.05) is 6.20 Å². The van der Waals surface area contributed by atoms with Crippen molar-refractivity contribution in [2.45, 2.75) is 38.3 Å². The van der Waals surface area contributed by atoms with Crippen molar-refractivity contribution in [2.75, 3.05) is 18.1 Å². The van der Waals surface area contributed by atoms with Crippen LogP contribution in [0.15, 0.2) is 12.4 Å². The average molecular weight is 251 g/mol. The van der Waals surface area contributed by atoms with Gasteiger partial charge < -0.3 is 9.88 Å². The second kappa shape index (κ2) is 5.44. The third-order valence-corrected chi connectivity index (χ3v) is 5.00. The number of rotatable bonds is 3. The Morgan fingerprint density at radius 1 is 1.35 bits per heavy atom. The molecule has 0 aliphatic carbocycles. The van der Waals surface area contributed by atoms with Crippen LogP contribution in [0, 0.1) is 5.92 Å². The highest BCUT2D eigenvalue weighted by Crippen LogP contribution is 2.20. The molecule has 3 nitrogen and oxygen atoms in total. The molecule has 3 rings (SSSR count). The van der Waals surface area contributed by atoms with Gasteiger partial charge in [-0.3, -0.25) is 0 Å². The monoisotopic (exact) mass is 251 g/mol. The number of imidazole rings is 1. The lowest BCUT2D eigenvalue weighted by molar-refractivity contribution is 0.326. The van der Waals surface area contributed by atoms with E-state index >= 15 is 0 Å². The SMILES string of the molecule is c1cn2c(n1)CC[C@@H](CNC1CCSCC1)C2. The van der Waals surface area contributed by atoms with Crippen molar-refractivity contribution in [2.24, 2.45) is 5.92 Å². The van der Waals surface area contributed by atoms with E-state index in [1.165, 1.54) is 43.1 Å². The number of aromatic nitrogens is 2. The highest BCUT2D eigenvalue weighted by atomic mass is 32.2. The number of hydrogen-bond acceptors (Lipinski definition) is 3. The van der Waals surface area contributed by atoms with Crippen LogP contribution in [0.5, 0.6) is 0 Å². The molecule has 0 aromatic carbocycles. The first-order chi connectivity index (χ1) is 8.42. The summed E-state index contributed by atoms with van der Waals surface area (Å²) in [5.74, 6) is 4.75. The van der Waals surface area contributed by atoms with Gasteiger partial charge in [0.15, 0.2) is 0 Å². The molecule has 2 aliphatic rings. The summed E-state index contributed by atoms with van der Waals surface area (Å²) < 4.78 is 2.33. The lowest BCUT2D eigenvalue weighted by Gasteiger charge is -2.28. The fourth-order valence-corrected chi connectivity index (χ4v) is 3.95. The van der Waals surface area contributed by atoms with E-state index in [1.54, 1.807) is 0 Å². The van der Waals surface area contributed by atoms with E-state index in [0.29, 0.717) is 0 Å². The van der Waals surface area contributed by atoms with Crippen molar-refractivity contribution < 1.29 is 0 Å². The van der Waals surface area contributed by atoms with E-state index in [2.05, 4.69) is 32.8 Å². The summed E-state index contributed by atoms with van der Waals surface area (Å²) >= 11 is 2.10. The first-order valence-corrected chi connectivity index (χ1v) is 7.88. The molecule has 1 aromatic rings. The van der Waals surface area contributed by atoms with Crippen molar-refractivity contribution in [1.82, 2.24) is 14.9 Å². The summed E-state index contributed by atoms with van der Waals surface area (Å²) in [6.07, 6.45) is 9.22. The largest absolute Gasteiger partial charge is 0.335 e. The molecule has 0 saturated carbocycles. The highest BCUT2D eigenvalue weighted by molar-refractivity contribution is 7.99. The van der Waals surface area contributed by atoms with E-state index < -0.39 is 0 Å². The molecule has 0 radical (unpaired) electrons. The summed E-state index contributed by atoms with van der Waals surface area (Å²) in [5, 5.41) is 3.77. The van der Waals surface area contributed by atoms with Gasteiger partial charge in [0.05, 0.1) is 0 Å². The van der Waals surface area contributed by atoms with Crippen LogP contribution in [-0.4, -0.2) is 33.6 Å². The quantitative estimate of drug-likeness (QED) is 0.890. The van der Waals surface area contributed by atoms with Gasteiger partial charge in [-0.1, -0.05) is 0 Å². The van der Waals surface area contributed by atoms with Crippen molar-refractivity contribution in [3.8, 4) is 0 Å². The van der Waals surface area contributed by atoms with Gasteiger partial charge in [-0.15, -0.1) is 0 Å². The van der Waals surface area contributed by atoms with E-state index in [9.17, 15) is 0 Å². The highest BCUT2D eigenvalue weighted by Gasteiger charge is 2.20. The fourth-order valence-electron chi connectivity index (χ4n) is 2.84. The number of aryl methyl sites for hydroxylation is 1. The van der Waals surface area contributed by atoms with Crippen molar-refractivity contribution in [1.29, 1.82) is 0 Å². The van der Waals surface area contributed by atoms with Gasteiger partial charge in [-0.2, -0.15) is 11.8 Å². The summed E-state index contributed by atoms with van der Waals surface area (Å²) in [4.78, 5) is 4.38. The molecule has 0 unspecified atom stereocenters. The Kier molecular flexibility index (Phi) is 3.71. The maximum Gasteiger partial charge on any atom is 0.108 e. The van der Waals surface area contributed by atoms with Crippen molar-refractivity contribution >= 4 is 11.8 Å². The predicted molar refractivity (Wildman–Crippen MR) is 72.4 cm³/mol. The van der Waals surface area contributed by atoms with Gasteiger partial charge in [0.1, 0.15) is 5.82 Å². The topological polar surface area (TPSA) is 29.9 Å². The smallest absolute Gasteiger partial charge is 0.108 e. The normalized spacial score (nSPS) is 25.8. The lowest BCUT2D eigenvalue weighted by Crippen LogP contribution is -2.38. The molecule has 1 atom stereocenters. The van der Waals surface area contributed by atoms with Gasteiger partial charge in [-0.05, 0) is 43.2 Å². The standard InChI is InChI=1S/C13H21N3S/c1-2-13-14-5-6-16(13)10-11(1)9-15-12-3-7-17-8-4-12/h5-6,11-12,15H,1-4,7-10H2/t11-/m0/s1. The molecular weight excluding hydrogens is 230 g/mol. The minimum Gasteiger partial charge on any atom is -0.335 e. The molecule has 17 heavy (non-hydrogen) atoms. The van der Waals surface area contributed by atoms with Crippen LogP contribution in [-0.2, 0) is 13.0 Å². The molecule has 4 heteroatoms. The van der Waals surface area contributed by atoms with Crippen molar-refractivity contribution in [3.63, 3.8) is 0 Å². The Hall–Kier alpha value is -0.480. The van der Waals surface area contributed by atoms with Crippen LogP contribution < -0.4 is 5.32 Å². The zero-order valence-electron chi connectivity index (χ0n) is 10.3. The molecule has 1 aromatic heterocycles. The van der Waals surface area contributed by atoms with Gasteiger partial charge in [-0.25, -0.2) is 4.98 Å². The minimum absolute atomic E-state index is 0.778. The molecule has 3 heterocycles. The van der Waals surface area contributed by atoms with E-state index in [4.69, 9.17) is 0 Å². The number of hydrogen-bond donors (Lipinski definition) is 1. The van der Waals surface area contributed by atoms with Gasteiger partial charge >= 0.3 is 0 Å². The molecule has 0 bridgehead atoms. The maximum absolute atomic E-state index is 4.38. The van der Waals surface area contributed by atoms with E-state index in [-0.39, 0.29) is 0 Å². The molecule has 2 aliphatic heterocycles. The van der Waals surface area contributed by atoms with E-state index in [0.717, 1.165) is 24.9 Å². The molecule has 1 fully saturated rings. The third-order valence-electron chi connectivity index (χ3n) is 3.95. The Bertz CT molecular complexity index is 357. The van der Waals surface area contributed by atoms with Gasteiger partial charge in [0.2, 0.25) is 0 Å². The Morgan fingerprint density at radius 3 is 3.12 bits per heavy atom. The van der Waals surface area contributed by atoms with Gasteiger partial charge in [0, 0.05) is 31.4 Å². The second-order valence-electron chi connectivity index (χ2n) is 5.20. The fraction of sp³-hybridized carbons (Fsp3) is 0.769.